The van der Waals surface area contributed by atoms with Gasteiger partial charge in [0.25, 0.3) is 0 Å². The monoisotopic (exact) mass is 358 g/mol. The van der Waals surface area contributed by atoms with E-state index in [9.17, 15) is 4.79 Å². The number of hydrogen-bond acceptors (Lipinski definition) is 6. The molecule has 26 heavy (non-hydrogen) atoms. The van der Waals surface area contributed by atoms with Gasteiger partial charge in [0.05, 0.1) is 6.54 Å². The fourth-order valence-corrected chi connectivity index (χ4v) is 3.97. The van der Waals surface area contributed by atoms with Gasteiger partial charge in [0.2, 0.25) is 5.91 Å². The van der Waals surface area contributed by atoms with E-state index in [1.807, 2.05) is 0 Å². The number of nitrogens with zero attached hydrogens (tertiary/aromatic N) is 5. The van der Waals surface area contributed by atoms with Crippen molar-refractivity contribution in [1.82, 2.24) is 24.8 Å². The highest BCUT2D eigenvalue weighted by molar-refractivity contribution is 5.91. The molecule has 2 aromatic heterocycles. The van der Waals surface area contributed by atoms with Crippen LogP contribution in [0.1, 0.15) is 55.4 Å². The minimum absolute atomic E-state index is 0.0481. The van der Waals surface area contributed by atoms with Gasteiger partial charge in [0.15, 0.2) is 5.82 Å². The summed E-state index contributed by atoms with van der Waals surface area (Å²) in [5.41, 5.74) is 0. The van der Waals surface area contributed by atoms with Crippen LogP contribution in [0.15, 0.2) is 10.6 Å². The highest BCUT2D eigenvalue weighted by Crippen LogP contribution is 2.28. The molecule has 140 valence electrons. The van der Waals surface area contributed by atoms with E-state index < -0.39 is 0 Å². The minimum Gasteiger partial charge on any atom is -0.360 e. The Labute approximate surface area is 152 Å². The standard InChI is InChI=1S/C18H26N6O2/c1-13-11-15(22-26-13)19-17(25)12-23-9-6-14(7-10-23)18-21-20-16-5-3-2-4-8-24(16)18/h11,14H,2-10,12H2,1H3,(H,19,22,25). The molecule has 1 saturated heterocycles. The summed E-state index contributed by atoms with van der Waals surface area (Å²) in [6.45, 7) is 5.04. The normalized spacial score (nSPS) is 19.1. The van der Waals surface area contributed by atoms with Crippen LogP contribution in [0.2, 0.25) is 0 Å². The number of carbonyl (C=O) groups excluding carboxylic acids is 1. The van der Waals surface area contributed by atoms with Gasteiger partial charge in [-0.15, -0.1) is 10.2 Å². The van der Waals surface area contributed by atoms with Crippen LogP contribution < -0.4 is 5.32 Å². The molecule has 1 fully saturated rings. The van der Waals surface area contributed by atoms with Gasteiger partial charge in [-0.1, -0.05) is 11.6 Å². The summed E-state index contributed by atoms with van der Waals surface area (Å²) in [5.74, 6) is 3.88. The number of amides is 1. The molecule has 1 amide bonds. The van der Waals surface area contributed by atoms with Crippen molar-refractivity contribution in [1.29, 1.82) is 0 Å². The zero-order valence-electron chi connectivity index (χ0n) is 15.3. The fourth-order valence-electron chi connectivity index (χ4n) is 3.97. The Balaban J connectivity index is 1.30. The first-order valence-corrected chi connectivity index (χ1v) is 9.56. The third-order valence-electron chi connectivity index (χ3n) is 5.35. The largest absolute Gasteiger partial charge is 0.360 e. The van der Waals surface area contributed by atoms with E-state index in [0.717, 1.165) is 50.5 Å². The van der Waals surface area contributed by atoms with Crippen LogP contribution >= 0.6 is 0 Å². The first-order valence-electron chi connectivity index (χ1n) is 9.56. The quantitative estimate of drug-likeness (QED) is 0.900. The van der Waals surface area contributed by atoms with E-state index in [1.165, 1.54) is 19.3 Å². The molecule has 1 N–H and O–H groups in total. The second-order valence-corrected chi connectivity index (χ2v) is 7.36. The van der Waals surface area contributed by atoms with Crippen LogP contribution in [0.4, 0.5) is 5.82 Å². The average Bonchev–Trinajstić information content (AvgIpc) is 3.14. The topological polar surface area (TPSA) is 89.1 Å². The van der Waals surface area contributed by atoms with Crippen molar-refractivity contribution in [2.75, 3.05) is 25.0 Å². The molecular formula is C18H26N6O2. The molecule has 0 spiro atoms. The Morgan fingerprint density at radius 2 is 2.08 bits per heavy atom. The molecule has 0 radical (unpaired) electrons. The Hall–Kier alpha value is -2.22. The second kappa shape index (κ2) is 7.57. The van der Waals surface area contributed by atoms with Gasteiger partial charge in [-0.3, -0.25) is 9.69 Å². The predicted molar refractivity (Wildman–Crippen MR) is 95.9 cm³/mol. The average molecular weight is 358 g/mol. The van der Waals surface area contributed by atoms with Gasteiger partial charge in [-0.25, -0.2) is 0 Å². The molecule has 0 atom stereocenters. The first kappa shape index (κ1) is 17.2. The molecular weight excluding hydrogens is 332 g/mol. The Kier molecular flexibility index (Phi) is 5.01. The molecule has 2 aliphatic heterocycles. The first-order chi connectivity index (χ1) is 12.7. The smallest absolute Gasteiger partial charge is 0.239 e. The third-order valence-corrected chi connectivity index (χ3v) is 5.35. The Morgan fingerprint density at radius 1 is 1.23 bits per heavy atom. The molecule has 0 aliphatic carbocycles. The van der Waals surface area contributed by atoms with Gasteiger partial charge in [-0.05, 0) is 45.7 Å². The number of nitrogens with one attached hydrogen (secondary N) is 1. The fraction of sp³-hybridized carbons (Fsp3) is 0.667. The number of aryl methyl sites for hydroxylation is 2. The summed E-state index contributed by atoms with van der Waals surface area (Å²) in [7, 11) is 0. The van der Waals surface area contributed by atoms with Gasteiger partial charge < -0.3 is 14.4 Å². The molecule has 2 aromatic rings. The second-order valence-electron chi connectivity index (χ2n) is 7.36. The summed E-state index contributed by atoms with van der Waals surface area (Å²) in [6.07, 6.45) is 6.81. The van der Waals surface area contributed by atoms with Crippen molar-refractivity contribution in [3.05, 3.63) is 23.5 Å². The van der Waals surface area contributed by atoms with Gasteiger partial charge in [-0.2, -0.15) is 0 Å². The van der Waals surface area contributed by atoms with Gasteiger partial charge in [0, 0.05) is 24.9 Å². The van der Waals surface area contributed by atoms with Crippen LogP contribution in [-0.2, 0) is 17.8 Å². The number of anilines is 1. The van der Waals surface area contributed by atoms with Crippen molar-refractivity contribution >= 4 is 11.7 Å². The summed E-state index contributed by atoms with van der Waals surface area (Å²) in [4.78, 5) is 14.4. The summed E-state index contributed by atoms with van der Waals surface area (Å²) in [5, 5.41) is 15.5. The zero-order valence-corrected chi connectivity index (χ0v) is 15.3. The Morgan fingerprint density at radius 3 is 2.85 bits per heavy atom. The number of piperidine rings is 1. The highest BCUT2D eigenvalue weighted by Gasteiger charge is 2.27. The molecule has 0 bridgehead atoms. The number of likely N-dealkylation sites (tertiary alicyclic amines) is 1. The van der Waals surface area contributed by atoms with Gasteiger partial charge in [0.1, 0.15) is 17.4 Å². The lowest BCUT2D eigenvalue weighted by Crippen LogP contribution is -2.39. The van der Waals surface area contributed by atoms with Crippen LogP contribution in [-0.4, -0.2) is 50.4 Å². The maximum absolute atomic E-state index is 12.2. The van der Waals surface area contributed by atoms with E-state index in [4.69, 9.17) is 4.52 Å². The van der Waals surface area contributed by atoms with E-state index in [2.05, 4.69) is 30.1 Å². The zero-order chi connectivity index (χ0) is 17.9. The lowest BCUT2D eigenvalue weighted by Gasteiger charge is -2.31. The summed E-state index contributed by atoms with van der Waals surface area (Å²) >= 11 is 0. The van der Waals surface area contributed by atoms with Crippen molar-refractivity contribution in [2.45, 2.75) is 57.9 Å². The van der Waals surface area contributed by atoms with E-state index >= 15 is 0 Å². The van der Waals surface area contributed by atoms with Crippen molar-refractivity contribution < 1.29 is 9.32 Å². The number of hydrogen-bond donors (Lipinski definition) is 1. The molecule has 8 heteroatoms. The molecule has 0 unspecified atom stereocenters. The number of aromatic nitrogens is 4. The highest BCUT2D eigenvalue weighted by atomic mass is 16.5. The number of carbonyl (C=O) groups is 1. The molecule has 8 nitrogen and oxygen atoms in total. The van der Waals surface area contributed by atoms with E-state index in [0.29, 0.717) is 24.0 Å². The van der Waals surface area contributed by atoms with Crippen molar-refractivity contribution in [3.63, 3.8) is 0 Å². The molecule has 0 aromatic carbocycles. The lowest BCUT2D eigenvalue weighted by molar-refractivity contribution is -0.117. The maximum atomic E-state index is 12.2. The number of rotatable bonds is 4. The van der Waals surface area contributed by atoms with Crippen molar-refractivity contribution in [2.24, 2.45) is 0 Å². The lowest BCUT2D eigenvalue weighted by atomic mass is 9.96. The maximum Gasteiger partial charge on any atom is 0.239 e. The summed E-state index contributed by atoms with van der Waals surface area (Å²) < 4.78 is 7.33. The number of fused-ring (bicyclic) bond motifs is 1. The van der Waals surface area contributed by atoms with E-state index in [1.54, 1.807) is 13.0 Å². The summed E-state index contributed by atoms with van der Waals surface area (Å²) in [6, 6.07) is 1.72. The van der Waals surface area contributed by atoms with Crippen LogP contribution in [0.25, 0.3) is 0 Å². The van der Waals surface area contributed by atoms with Crippen LogP contribution in [0, 0.1) is 6.92 Å². The molecule has 2 aliphatic rings. The van der Waals surface area contributed by atoms with Crippen LogP contribution in [0.3, 0.4) is 0 Å². The molecule has 0 saturated carbocycles. The van der Waals surface area contributed by atoms with E-state index in [-0.39, 0.29) is 5.91 Å². The Bertz CT molecular complexity index is 760. The minimum atomic E-state index is -0.0481. The predicted octanol–water partition coefficient (Wildman–Crippen LogP) is 2.12. The molecule has 4 rings (SSSR count). The van der Waals surface area contributed by atoms with Crippen LogP contribution in [0.5, 0.6) is 0 Å². The van der Waals surface area contributed by atoms with Crippen molar-refractivity contribution in [3.8, 4) is 0 Å². The SMILES string of the molecule is Cc1cc(NC(=O)CN2CCC(c3nnc4n3CCCCC4)CC2)no1. The molecule has 4 heterocycles. The van der Waals surface area contributed by atoms with Gasteiger partial charge >= 0.3 is 0 Å². The third kappa shape index (κ3) is 3.80.